The van der Waals surface area contributed by atoms with Crippen LogP contribution in [0.5, 0.6) is 0 Å². The van der Waals surface area contributed by atoms with Crippen molar-refractivity contribution in [2.24, 2.45) is 17.2 Å². The molecular formula is C9H21N3O4. The minimum atomic E-state index is -0.933. The molecule has 16 heavy (non-hydrogen) atoms. The van der Waals surface area contributed by atoms with Gasteiger partial charge in [0.05, 0.1) is 6.42 Å². The van der Waals surface area contributed by atoms with E-state index >= 15 is 0 Å². The Balaban J connectivity index is 0. The van der Waals surface area contributed by atoms with Gasteiger partial charge in [-0.2, -0.15) is 0 Å². The molecule has 0 aliphatic rings. The first kappa shape index (κ1) is 17.2. The van der Waals surface area contributed by atoms with E-state index in [-0.39, 0.29) is 13.0 Å². The monoisotopic (exact) mass is 235 g/mol. The molecule has 0 unspecified atom stereocenters. The molecule has 0 aromatic heterocycles. The number of aliphatic carboxylic acids is 2. The van der Waals surface area contributed by atoms with Gasteiger partial charge >= 0.3 is 11.9 Å². The standard InChI is InChI=1S/C6H14N2O2.C3H7NO2/c7-4-2-1-3-5(8)6(9)10;4-2-1-3(5)6/h5H,1-4,7-8H2,(H,9,10);1-2,4H2,(H,5,6)/t5-;/m0./s1. The van der Waals surface area contributed by atoms with E-state index in [1.54, 1.807) is 0 Å². The Morgan fingerprint density at radius 3 is 1.88 bits per heavy atom. The molecule has 0 aliphatic heterocycles. The first-order chi connectivity index (χ1) is 7.45. The largest absolute Gasteiger partial charge is 0.481 e. The normalized spacial score (nSPS) is 11.2. The summed E-state index contributed by atoms with van der Waals surface area (Å²) in [6, 6.07) is -0.716. The molecule has 0 amide bonds. The van der Waals surface area contributed by atoms with Crippen LogP contribution >= 0.6 is 0 Å². The molecule has 96 valence electrons. The van der Waals surface area contributed by atoms with Crippen molar-refractivity contribution in [3.8, 4) is 0 Å². The summed E-state index contributed by atoms with van der Waals surface area (Å²) < 4.78 is 0. The van der Waals surface area contributed by atoms with Crippen LogP contribution in [-0.2, 0) is 9.59 Å². The highest BCUT2D eigenvalue weighted by Gasteiger charge is 2.09. The molecule has 0 aromatic rings. The van der Waals surface area contributed by atoms with E-state index in [9.17, 15) is 9.59 Å². The van der Waals surface area contributed by atoms with Crippen LogP contribution in [0.3, 0.4) is 0 Å². The quantitative estimate of drug-likeness (QED) is 0.353. The summed E-state index contributed by atoms with van der Waals surface area (Å²) in [6.07, 6.45) is 2.23. The number of carboxylic acid groups (broad SMARTS) is 2. The van der Waals surface area contributed by atoms with E-state index in [0.717, 1.165) is 12.8 Å². The van der Waals surface area contributed by atoms with Gasteiger partial charge in [0.15, 0.2) is 0 Å². The number of hydrogen-bond acceptors (Lipinski definition) is 5. The maximum Gasteiger partial charge on any atom is 0.320 e. The predicted molar refractivity (Wildman–Crippen MR) is 59.8 cm³/mol. The third-order valence-corrected chi connectivity index (χ3v) is 1.64. The summed E-state index contributed by atoms with van der Waals surface area (Å²) in [7, 11) is 0. The number of nitrogens with two attached hydrogens (primary N) is 3. The molecule has 0 saturated carbocycles. The second-order valence-corrected chi connectivity index (χ2v) is 3.16. The molecule has 0 fully saturated rings. The van der Waals surface area contributed by atoms with E-state index in [1.165, 1.54) is 0 Å². The smallest absolute Gasteiger partial charge is 0.320 e. The number of unbranched alkanes of at least 4 members (excludes halogenated alkanes) is 1. The average molecular weight is 235 g/mol. The Hall–Kier alpha value is -1.18. The Morgan fingerprint density at radius 1 is 1.06 bits per heavy atom. The number of rotatable bonds is 7. The zero-order chi connectivity index (χ0) is 13.0. The number of carbonyl (C=O) groups is 2. The van der Waals surface area contributed by atoms with Crippen molar-refractivity contribution in [1.29, 1.82) is 0 Å². The van der Waals surface area contributed by atoms with Crippen molar-refractivity contribution in [3.05, 3.63) is 0 Å². The highest BCUT2D eigenvalue weighted by atomic mass is 16.4. The molecule has 0 saturated heterocycles. The first-order valence-corrected chi connectivity index (χ1v) is 5.06. The molecule has 0 aliphatic carbocycles. The predicted octanol–water partition coefficient (Wildman–Crippen LogP) is -1.05. The Labute approximate surface area is 94.6 Å². The third kappa shape index (κ3) is 15.3. The van der Waals surface area contributed by atoms with Crippen LogP contribution < -0.4 is 17.2 Å². The van der Waals surface area contributed by atoms with Crippen LogP contribution in [0.15, 0.2) is 0 Å². The van der Waals surface area contributed by atoms with Gasteiger partial charge in [-0.3, -0.25) is 9.59 Å². The maximum atomic E-state index is 10.1. The lowest BCUT2D eigenvalue weighted by Gasteiger charge is -2.03. The van der Waals surface area contributed by atoms with Gasteiger partial charge in [-0.1, -0.05) is 6.42 Å². The molecule has 7 nitrogen and oxygen atoms in total. The second kappa shape index (κ2) is 11.9. The van der Waals surface area contributed by atoms with Crippen molar-refractivity contribution in [1.82, 2.24) is 0 Å². The Kier molecular flexibility index (Phi) is 12.8. The molecular weight excluding hydrogens is 214 g/mol. The lowest BCUT2D eigenvalue weighted by Crippen LogP contribution is -2.29. The van der Waals surface area contributed by atoms with Crippen LogP contribution in [-0.4, -0.2) is 41.3 Å². The van der Waals surface area contributed by atoms with Gasteiger partial charge in [-0.05, 0) is 19.4 Å². The van der Waals surface area contributed by atoms with Crippen LogP contribution in [0, 0.1) is 0 Å². The second-order valence-electron chi connectivity index (χ2n) is 3.16. The molecule has 0 heterocycles. The van der Waals surface area contributed by atoms with Crippen molar-refractivity contribution < 1.29 is 19.8 Å². The lowest BCUT2D eigenvalue weighted by molar-refractivity contribution is -0.139. The van der Waals surface area contributed by atoms with E-state index in [0.29, 0.717) is 13.0 Å². The fraction of sp³-hybridized carbons (Fsp3) is 0.778. The van der Waals surface area contributed by atoms with Crippen LogP contribution in [0.1, 0.15) is 25.7 Å². The molecule has 8 N–H and O–H groups in total. The highest BCUT2D eigenvalue weighted by molar-refractivity contribution is 5.72. The van der Waals surface area contributed by atoms with Crippen molar-refractivity contribution in [2.75, 3.05) is 13.1 Å². The molecule has 0 aromatic carbocycles. The van der Waals surface area contributed by atoms with Crippen LogP contribution in [0.4, 0.5) is 0 Å². The summed E-state index contributed by atoms with van der Waals surface area (Å²) in [5.41, 5.74) is 15.3. The molecule has 0 spiro atoms. The molecule has 1 atom stereocenters. The van der Waals surface area contributed by atoms with Gasteiger partial charge in [-0.25, -0.2) is 0 Å². The summed E-state index contributed by atoms with van der Waals surface area (Å²) >= 11 is 0. The summed E-state index contributed by atoms with van der Waals surface area (Å²) in [6.45, 7) is 0.835. The summed E-state index contributed by atoms with van der Waals surface area (Å²) in [5.74, 6) is -1.77. The Morgan fingerprint density at radius 2 is 1.62 bits per heavy atom. The molecule has 7 heteroatoms. The fourth-order valence-electron chi connectivity index (χ4n) is 0.756. The SMILES string of the molecule is NCCC(=O)O.NCCCC[C@H](N)C(=O)O. The van der Waals surface area contributed by atoms with Gasteiger partial charge in [0.25, 0.3) is 0 Å². The average Bonchev–Trinajstić information content (AvgIpc) is 2.18. The lowest BCUT2D eigenvalue weighted by atomic mass is 10.1. The van der Waals surface area contributed by atoms with Crippen molar-refractivity contribution in [2.45, 2.75) is 31.7 Å². The van der Waals surface area contributed by atoms with Gasteiger partial charge in [0.2, 0.25) is 0 Å². The van der Waals surface area contributed by atoms with Crippen LogP contribution in [0.25, 0.3) is 0 Å². The maximum absolute atomic E-state index is 10.1. The zero-order valence-corrected chi connectivity index (χ0v) is 9.26. The van der Waals surface area contributed by atoms with E-state index in [2.05, 4.69) is 0 Å². The molecule has 0 rings (SSSR count). The number of hydrogen-bond donors (Lipinski definition) is 5. The minimum Gasteiger partial charge on any atom is -0.481 e. The van der Waals surface area contributed by atoms with Crippen molar-refractivity contribution >= 4 is 11.9 Å². The Bertz CT molecular complexity index is 199. The minimum absolute atomic E-state index is 0.0694. The molecule has 0 bridgehead atoms. The van der Waals surface area contributed by atoms with Gasteiger partial charge in [-0.15, -0.1) is 0 Å². The summed E-state index contributed by atoms with van der Waals surface area (Å²) in [5, 5.41) is 16.2. The van der Waals surface area contributed by atoms with Gasteiger partial charge < -0.3 is 27.4 Å². The van der Waals surface area contributed by atoms with E-state index in [1.807, 2.05) is 0 Å². The molecule has 0 radical (unpaired) electrons. The third-order valence-electron chi connectivity index (χ3n) is 1.64. The van der Waals surface area contributed by atoms with E-state index in [4.69, 9.17) is 27.4 Å². The first-order valence-electron chi connectivity index (χ1n) is 5.06. The number of carboxylic acids is 2. The zero-order valence-electron chi connectivity index (χ0n) is 9.26. The van der Waals surface area contributed by atoms with Gasteiger partial charge in [0.1, 0.15) is 6.04 Å². The topological polar surface area (TPSA) is 153 Å². The van der Waals surface area contributed by atoms with Crippen LogP contribution in [0.2, 0.25) is 0 Å². The van der Waals surface area contributed by atoms with E-state index < -0.39 is 18.0 Å². The summed E-state index contributed by atoms with van der Waals surface area (Å²) in [4.78, 5) is 19.7. The highest BCUT2D eigenvalue weighted by Crippen LogP contribution is 1.96. The fourth-order valence-corrected chi connectivity index (χ4v) is 0.756. The van der Waals surface area contributed by atoms with Crippen molar-refractivity contribution in [3.63, 3.8) is 0 Å². The van der Waals surface area contributed by atoms with Gasteiger partial charge in [0, 0.05) is 6.54 Å².